The zero-order valence-corrected chi connectivity index (χ0v) is 16.6. The van der Waals surface area contributed by atoms with Gasteiger partial charge in [-0.25, -0.2) is 0 Å². The molecule has 0 saturated heterocycles. The summed E-state index contributed by atoms with van der Waals surface area (Å²) in [4.78, 5) is 0. The van der Waals surface area contributed by atoms with Crippen molar-refractivity contribution >= 4 is 21.6 Å². The van der Waals surface area contributed by atoms with Crippen molar-refractivity contribution in [2.45, 2.75) is 77.5 Å². The summed E-state index contributed by atoms with van der Waals surface area (Å²) in [7, 11) is 3.50. The van der Waals surface area contributed by atoms with Crippen molar-refractivity contribution in [2.24, 2.45) is 0 Å². The molecule has 0 fully saturated rings. The molecule has 0 radical (unpaired) electrons. The number of hydrogen-bond donors (Lipinski definition) is 0. The highest BCUT2D eigenvalue weighted by Gasteiger charge is 2.13. The zero-order valence-electron chi connectivity index (χ0n) is 15.0. The van der Waals surface area contributed by atoms with Crippen molar-refractivity contribution in [3.63, 3.8) is 0 Å². The van der Waals surface area contributed by atoms with Crippen molar-refractivity contribution in [3.05, 3.63) is 0 Å². The Labute approximate surface area is 144 Å². The van der Waals surface area contributed by atoms with Gasteiger partial charge in [-0.05, 0) is 40.5 Å². The molecule has 0 heterocycles. The van der Waals surface area contributed by atoms with E-state index in [4.69, 9.17) is 18.9 Å². The van der Waals surface area contributed by atoms with Crippen molar-refractivity contribution in [3.8, 4) is 0 Å². The van der Waals surface area contributed by atoms with E-state index in [1.54, 1.807) is 21.6 Å². The SMILES string of the molecule is CCC(OCCOC(C)C)SSC(CC)OCCOC(C)C. The fraction of sp³-hybridized carbons (Fsp3) is 1.00. The molecule has 0 spiro atoms. The van der Waals surface area contributed by atoms with Crippen LogP contribution in [-0.4, -0.2) is 49.5 Å². The Hall–Kier alpha value is 0.540. The molecule has 0 amide bonds. The third-order valence-electron chi connectivity index (χ3n) is 2.61. The Morgan fingerprint density at radius 2 is 0.909 bits per heavy atom. The lowest BCUT2D eigenvalue weighted by molar-refractivity contribution is 0.0108. The maximum absolute atomic E-state index is 5.83. The summed E-state index contributed by atoms with van der Waals surface area (Å²) in [6.45, 7) is 15.0. The van der Waals surface area contributed by atoms with Crippen LogP contribution in [0.2, 0.25) is 0 Å². The van der Waals surface area contributed by atoms with Crippen molar-refractivity contribution in [1.82, 2.24) is 0 Å². The van der Waals surface area contributed by atoms with Gasteiger partial charge in [-0.2, -0.15) is 0 Å². The fourth-order valence-corrected chi connectivity index (χ4v) is 4.19. The minimum atomic E-state index is 0.185. The number of hydrogen-bond acceptors (Lipinski definition) is 6. The van der Waals surface area contributed by atoms with Crippen LogP contribution in [0, 0.1) is 0 Å². The second kappa shape index (κ2) is 15.1. The maximum atomic E-state index is 5.83. The summed E-state index contributed by atoms with van der Waals surface area (Å²) in [5.74, 6) is 0. The Kier molecular flexibility index (Phi) is 15.5. The molecule has 4 nitrogen and oxygen atoms in total. The Bertz CT molecular complexity index is 216. The summed E-state index contributed by atoms with van der Waals surface area (Å²) in [5, 5.41) is 0. The van der Waals surface area contributed by atoms with Gasteiger partial charge in [0.15, 0.2) is 0 Å². The van der Waals surface area contributed by atoms with E-state index in [1.807, 2.05) is 27.7 Å². The molecule has 22 heavy (non-hydrogen) atoms. The van der Waals surface area contributed by atoms with Crippen molar-refractivity contribution in [1.29, 1.82) is 0 Å². The molecule has 134 valence electrons. The first-order chi connectivity index (χ1) is 10.5. The molecule has 0 aliphatic carbocycles. The van der Waals surface area contributed by atoms with Gasteiger partial charge in [0.1, 0.15) is 10.9 Å². The van der Waals surface area contributed by atoms with E-state index in [0.717, 1.165) is 12.8 Å². The van der Waals surface area contributed by atoms with Crippen LogP contribution in [0.1, 0.15) is 54.4 Å². The maximum Gasteiger partial charge on any atom is 0.113 e. The topological polar surface area (TPSA) is 36.9 Å². The molecule has 0 N–H and O–H groups in total. The van der Waals surface area contributed by atoms with Gasteiger partial charge >= 0.3 is 0 Å². The van der Waals surface area contributed by atoms with Crippen LogP contribution in [0.15, 0.2) is 0 Å². The predicted octanol–water partition coefficient (Wildman–Crippen LogP) is 4.72. The van der Waals surface area contributed by atoms with Gasteiger partial charge in [-0.15, -0.1) is 0 Å². The molecule has 0 bridgehead atoms. The molecule has 0 rings (SSSR count). The first kappa shape index (κ1) is 22.5. The highest BCUT2D eigenvalue weighted by molar-refractivity contribution is 8.77. The standard InChI is InChI=1S/C16H34O4S2/c1-7-15(19-11-9-17-13(3)4)21-22-16(8-2)20-12-10-18-14(5)6/h13-16H,7-12H2,1-6H3. The molecule has 0 aromatic carbocycles. The quantitative estimate of drug-likeness (QED) is 0.240. The van der Waals surface area contributed by atoms with E-state index >= 15 is 0 Å². The Morgan fingerprint density at radius 1 is 0.591 bits per heavy atom. The second-order valence-electron chi connectivity index (χ2n) is 5.45. The normalized spacial score (nSPS) is 14.7. The van der Waals surface area contributed by atoms with E-state index in [0.29, 0.717) is 26.4 Å². The lowest BCUT2D eigenvalue weighted by atomic mass is 10.5. The molecule has 6 heteroatoms. The van der Waals surface area contributed by atoms with Crippen LogP contribution in [-0.2, 0) is 18.9 Å². The van der Waals surface area contributed by atoms with E-state index in [2.05, 4.69) is 13.8 Å². The van der Waals surface area contributed by atoms with Gasteiger partial charge in [0.25, 0.3) is 0 Å². The monoisotopic (exact) mass is 354 g/mol. The molecule has 2 atom stereocenters. The molecular weight excluding hydrogens is 320 g/mol. The zero-order chi connectivity index (χ0) is 16.8. The van der Waals surface area contributed by atoms with E-state index in [1.165, 1.54) is 0 Å². The van der Waals surface area contributed by atoms with Gasteiger partial charge in [0.05, 0.1) is 38.6 Å². The fourth-order valence-electron chi connectivity index (χ4n) is 1.48. The molecule has 0 saturated carbocycles. The smallest absolute Gasteiger partial charge is 0.113 e. The summed E-state index contributed by atoms with van der Waals surface area (Å²) < 4.78 is 22.6. The lowest BCUT2D eigenvalue weighted by Gasteiger charge is -2.20. The van der Waals surface area contributed by atoms with Crippen LogP contribution in [0.3, 0.4) is 0 Å². The summed E-state index contributed by atoms with van der Waals surface area (Å²) >= 11 is 0. The van der Waals surface area contributed by atoms with Crippen LogP contribution in [0.25, 0.3) is 0 Å². The van der Waals surface area contributed by atoms with E-state index in [-0.39, 0.29) is 23.1 Å². The van der Waals surface area contributed by atoms with Gasteiger partial charge < -0.3 is 18.9 Å². The van der Waals surface area contributed by atoms with E-state index < -0.39 is 0 Å². The minimum absolute atomic E-state index is 0.185. The average molecular weight is 355 g/mol. The first-order valence-electron chi connectivity index (χ1n) is 8.28. The molecule has 0 aliphatic heterocycles. The molecular formula is C16H34O4S2. The van der Waals surface area contributed by atoms with Crippen molar-refractivity contribution in [2.75, 3.05) is 26.4 Å². The second-order valence-corrected chi connectivity index (χ2v) is 8.04. The predicted molar refractivity (Wildman–Crippen MR) is 97.4 cm³/mol. The third kappa shape index (κ3) is 14.2. The number of rotatable bonds is 15. The highest BCUT2D eigenvalue weighted by Crippen LogP contribution is 2.35. The molecule has 0 aromatic rings. The molecule has 0 aliphatic rings. The van der Waals surface area contributed by atoms with Gasteiger partial charge in [0, 0.05) is 0 Å². The van der Waals surface area contributed by atoms with Crippen LogP contribution in [0.5, 0.6) is 0 Å². The van der Waals surface area contributed by atoms with Crippen molar-refractivity contribution < 1.29 is 18.9 Å². The third-order valence-corrected chi connectivity index (χ3v) is 5.71. The van der Waals surface area contributed by atoms with E-state index in [9.17, 15) is 0 Å². The minimum Gasteiger partial charge on any atom is -0.376 e. The van der Waals surface area contributed by atoms with Gasteiger partial charge in [0.2, 0.25) is 0 Å². The van der Waals surface area contributed by atoms with Gasteiger partial charge in [-0.3, -0.25) is 0 Å². The van der Waals surface area contributed by atoms with Gasteiger partial charge in [-0.1, -0.05) is 35.4 Å². The van der Waals surface area contributed by atoms with Crippen LogP contribution < -0.4 is 0 Å². The highest BCUT2D eigenvalue weighted by atomic mass is 33.1. The van der Waals surface area contributed by atoms with Crippen LogP contribution >= 0.6 is 21.6 Å². The summed E-state index contributed by atoms with van der Waals surface area (Å²) in [5.41, 5.74) is 0.371. The summed E-state index contributed by atoms with van der Waals surface area (Å²) in [6.07, 6.45) is 2.48. The molecule has 0 aromatic heterocycles. The first-order valence-corrected chi connectivity index (χ1v) is 10.6. The summed E-state index contributed by atoms with van der Waals surface area (Å²) in [6, 6.07) is 0. The number of ether oxygens (including phenoxy) is 4. The van der Waals surface area contributed by atoms with Crippen LogP contribution in [0.4, 0.5) is 0 Å². The lowest BCUT2D eigenvalue weighted by Crippen LogP contribution is -2.16. The Balaban J connectivity index is 3.77. The average Bonchev–Trinajstić information content (AvgIpc) is 2.47. The Morgan fingerprint density at radius 3 is 1.18 bits per heavy atom. The largest absolute Gasteiger partial charge is 0.376 e. The molecule has 2 unspecified atom stereocenters.